The summed E-state index contributed by atoms with van der Waals surface area (Å²) in [5.41, 5.74) is 0. The second-order valence-electron chi connectivity index (χ2n) is 1.69. The molecule has 0 aromatic rings. The average molecular weight is 213 g/mol. The molecule has 0 spiro atoms. The molecule has 0 amide bonds. The second kappa shape index (κ2) is 3.42. The summed E-state index contributed by atoms with van der Waals surface area (Å²) in [5.74, 6) is -2.69. The lowest BCUT2D eigenvalue weighted by Gasteiger charge is -2.09. The van der Waals surface area contributed by atoms with Crippen molar-refractivity contribution in [3.63, 3.8) is 0 Å². The van der Waals surface area contributed by atoms with Crippen LogP contribution in [-0.2, 0) is 9.53 Å². The van der Waals surface area contributed by atoms with Gasteiger partial charge in [-0.1, -0.05) is 0 Å². The molecule has 8 heteroatoms. The van der Waals surface area contributed by atoms with Crippen LogP contribution in [0.4, 0.5) is 22.0 Å². The number of halogens is 6. The van der Waals surface area contributed by atoms with Crippen molar-refractivity contribution in [3.05, 3.63) is 0 Å². The van der Waals surface area contributed by atoms with Gasteiger partial charge in [0.2, 0.25) is 0 Å². The maximum absolute atomic E-state index is 11.6. The van der Waals surface area contributed by atoms with Crippen LogP contribution in [0.1, 0.15) is 0 Å². The molecule has 0 saturated heterocycles. The Kier molecular flexibility index (Phi) is 3.25. The molecule has 0 aliphatic rings. The van der Waals surface area contributed by atoms with Crippen molar-refractivity contribution in [2.24, 2.45) is 0 Å². The number of carbonyl (C=O) groups is 1. The van der Waals surface area contributed by atoms with Gasteiger partial charge in [0.25, 0.3) is 0 Å². The number of hydrogen-bond donors (Lipinski definition) is 0. The van der Waals surface area contributed by atoms with Crippen molar-refractivity contribution in [2.45, 2.75) is 11.6 Å². The quantitative estimate of drug-likeness (QED) is 0.397. The van der Waals surface area contributed by atoms with Crippen LogP contribution in [0.25, 0.3) is 0 Å². The van der Waals surface area contributed by atoms with Gasteiger partial charge < -0.3 is 4.74 Å². The normalized spacial score (nSPS) is 12.8. The Hall–Kier alpha value is -0.590. The molecule has 0 bridgehead atoms. The van der Waals surface area contributed by atoms with E-state index in [9.17, 15) is 26.7 Å². The monoisotopic (exact) mass is 212 g/mol. The van der Waals surface area contributed by atoms with Gasteiger partial charge >= 0.3 is 17.5 Å². The molecule has 0 radical (unpaired) electrons. The highest BCUT2D eigenvalue weighted by Crippen LogP contribution is 2.22. The summed E-state index contributed by atoms with van der Waals surface area (Å²) in [4.78, 5) is 9.77. The number of rotatable bonds is 2. The van der Waals surface area contributed by atoms with Crippen molar-refractivity contribution in [2.75, 3.05) is 6.61 Å². The number of alkyl halides is 6. The summed E-state index contributed by atoms with van der Waals surface area (Å²) in [6.07, 6.45) is -5.28. The highest BCUT2D eigenvalue weighted by atomic mass is 35.5. The lowest BCUT2D eigenvalue weighted by atomic mass is 10.6. The minimum absolute atomic E-state index is 1.80. The largest absolute Gasteiger partial charge is 0.490 e. The van der Waals surface area contributed by atoms with E-state index in [2.05, 4.69) is 16.3 Å². The summed E-state index contributed by atoms with van der Waals surface area (Å²) < 4.78 is 60.1. The van der Waals surface area contributed by atoms with Gasteiger partial charge in [0.05, 0.1) is 0 Å². The predicted molar refractivity (Wildman–Crippen MR) is 27.8 cm³/mol. The molecule has 0 aromatic carbocycles. The zero-order valence-electron chi connectivity index (χ0n) is 5.29. The average Bonchev–Trinajstić information content (AvgIpc) is 1.78. The van der Waals surface area contributed by atoms with E-state index in [1.54, 1.807) is 0 Å². The van der Waals surface area contributed by atoms with Gasteiger partial charge in [-0.3, -0.25) is 0 Å². The second-order valence-corrected chi connectivity index (χ2v) is 2.24. The first-order chi connectivity index (χ1) is 5.13. The predicted octanol–water partition coefficient (Wildman–Crippen LogP) is 1.92. The number of carbonyl (C=O) groups excluding carboxylic acids is 1. The Balaban J connectivity index is 3.90. The van der Waals surface area contributed by atoms with Crippen LogP contribution in [0.5, 0.6) is 0 Å². The number of hydrogen-bond acceptors (Lipinski definition) is 2. The molecule has 72 valence electrons. The third-order valence-corrected chi connectivity index (χ3v) is 0.707. The molecule has 0 atom stereocenters. The molecule has 0 aliphatic heterocycles. The standard InChI is InChI=1S/C4H2ClF5O2/c5-3(6,7)1-12-2(11)4(8,9)10/h1H2. The summed E-state index contributed by atoms with van der Waals surface area (Å²) in [7, 11) is 0. The van der Waals surface area contributed by atoms with Gasteiger partial charge in [-0.2, -0.15) is 22.0 Å². The summed E-state index contributed by atoms with van der Waals surface area (Å²) in [6, 6.07) is 0. The summed E-state index contributed by atoms with van der Waals surface area (Å²) in [5, 5.41) is -3.97. The molecule has 0 saturated carbocycles. The first-order valence-corrected chi connectivity index (χ1v) is 2.81. The van der Waals surface area contributed by atoms with Gasteiger partial charge in [0, 0.05) is 0 Å². The van der Waals surface area contributed by atoms with Crippen LogP contribution in [0.2, 0.25) is 0 Å². The van der Waals surface area contributed by atoms with Crippen LogP contribution in [0.15, 0.2) is 0 Å². The molecule has 0 aromatic heterocycles. The van der Waals surface area contributed by atoms with Gasteiger partial charge in [0.15, 0.2) is 6.61 Å². The Morgan fingerprint density at radius 1 is 1.25 bits per heavy atom. The van der Waals surface area contributed by atoms with E-state index >= 15 is 0 Å². The SMILES string of the molecule is O=C(OCC(F)(F)Cl)C(F)(F)F. The summed E-state index contributed by atoms with van der Waals surface area (Å²) >= 11 is 4.15. The van der Waals surface area contributed by atoms with Gasteiger partial charge in [0.1, 0.15) is 0 Å². The molecule has 0 fully saturated rings. The molecular weight excluding hydrogens is 210 g/mol. The van der Waals surface area contributed by atoms with Crippen LogP contribution in [0, 0.1) is 0 Å². The van der Waals surface area contributed by atoms with Crippen molar-refractivity contribution >= 4 is 17.6 Å². The molecule has 0 aliphatic carbocycles. The van der Waals surface area contributed by atoms with Crippen molar-refractivity contribution in [1.82, 2.24) is 0 Å². The minimum Gasteiger partial charge on any atom is -0.451 e. The molecule has 0 N–H and O–H groups in total. The fourth-order valence-corrected chi connectivity index (χ4v) is 0.284. The molecule has 12 heavy (non-hydrogen) atoms. The van der Waals surface area contributed by atoms with Crippen LogP contribution in [-0.4, -0.2) is 24.1 Å². The lowest BCUT2D eigenvalue weighted by molar-refractivity contribution is -0.204. The summed E-state index contributed by atoms with van der Waals surface area (Å²) in [6.45, 7) is -1.80. The molecule has 0 unspecified atom stereocenters. The zero-order valence-corrected chi connectivity index (χ0v) is 6.05. The maximum Gasteiger partial charge on any atom is 0.490 e. The first kappa shape index (κ1) is 11.4. The highest BCUT2D eigenvalue weighted by molar-refractivity contribution is 6.21. The van der Waals surface area contributed by atoms with E-state index < -0.39 is 24.1 Å². The molecular formula is C4H2ClF5O2. The molecule has 0 heterocycles. The third kappa shape index (κ3) is 5.11. The lowest BCUT2D eigenvalue weighted by Crippen LogP contribution is -2.29. The topological polar surface area (TPSA) is 26.3 Å². The van der Waals surface area contributed by atoms with E-state index in [1.807, 2.05) is 0 Å². The Morgan fingerprint density at radius 3 is 1.92 bits per heavy atom. The van der Waals surface area contributed by atoms with E-state index in [4.69, 9.17) is 0 Å². The van der Waals surface area contributed by atoms with E-state index in [0.717, 1.165) is 0 Å². The fraction of sp³-hybridized carbons (Fsp3) is 0.750. The third-order valence-electron chi connectivity index (χ3n) is 0.598. The van der Waals surface area contributed by atoms with E-state index in [0.29, 0.717) is 0 Å². The van der Waals surface area contributed by atoms with Crippen LogP contribution in [0.3, 0.4) is 0 Å². The van der Waals surface area contributed by atoms with Gasteiger partial charge in [-0.25, -0.2) is 4.79 Å². The van der Waals surface area contributed by atoms with Crippen molar-refractivity contribution < 1.29 is 31.5 Å². The zero-order chi connectivity index (χ0) is 9.99. The van der Waals surface area contributed by atoms with Gasteiger partial charge in [-0.05, 0) is 11.6 Å². The van der Waals surface area contributed by atoms with Crippen molar-refractivity contribution in [3.8, 4) is 0 Å². The fourth-order valence-electron chi connectivity index (χ4n) is 0.229. The number of esters is 1. The van der Waals surface area contributed by atoms with Crippen LogP contribution >= 0.6 is 11.6 Å². The smallest absolute Gasteiger partial charge is 0.451 e. The number of ether oxygens (including phenoxy) is 1. The minimum atomic E-state index is -5.28. The van der Waals surface area contributed by atoms with Gasteiger partial charge in [-0.15, -0.1) is 0 Å². The Morgan fingerprint density at radius 2 is 1.67 bits per heavy atom. The maximum atomic E-state index is 11.6. The highest BCUT2D eigenvalue weighted by Gasteiger charge is 2.42. The Labute approximate surface area is 68.2 Å². The first-order valence-electron chi connectivity index (χ1n) is 2.43. The van der Waals surface area contributed by atoms with Crippen molar-refractivity contribution in [1.29, 1.82) is 0 Å². The van der Waals surface area contributed by atoms with E-state index in [-0.39, 0.29) is 0 Å². The Bertz CT molecular complexity index is 171. The van der Waals surface area contributed by atoms with E-state index in [1.165, 1.54) is 0 Å². The molecule has 2 nitrogen and oxygen atoms in total. The van der Waals surface area contributed by atoms with Crippen LogP contribution < -0.4 is 0 Å². The molecule has 0 rings (SSSR count).